The lowest BCUT2D eigenvalue weighted by atomic mass is 10.1. The van der Waals surface area contributed by atoms with Gasteiger partial charge in [-0.2, -0.15) is 0 Å². The topological polar surface area (TPSA) is 52.3 Å². The highest BCUT2D eigenvalue weighted by atomic mass is 35.5. The second kappa shape index (κ2) is 5.85. The maximum atomic E-state index is 11.2. The van der Waals surface area contributed by atoms with Crippen molar-refractivity contribution in [3.8, 4) is 12.3 Å². The van der Waals surface area contributed by atoms with Crippen LogP contribution in [0.3, 0.4) is 0 Å². The second-order valence-corrected chi connectivity index (χ2v) is 3.01. The summed E-state index contributed by atoms with van der Waals surface area (Å²) in [6, 6.07) is -0.0322. The van der Waals surface area contributed by atoms with Crippen LogP contribution in [0.1, 0.15) is 19.3 Å². The number of nitrogens with two attached hydrogens (primary N) is 1. The first kappa shape index (κ1) is 12.3. The van der Waals surface area contributed by atoms with Gasteiger partial charge in [-0.25, -0.2) is 0 Å². The minimum absolute atomic E-state index is 0. The summed E-state index contributed by atoms with van der Waals surface area (Å²) in [5, 5.41) is 0. The molecule has 1 fully saturated rings. The van der Waals surface area contributed by atoms with Crippen molar-refractivity contribution in [2.45, 2.75) is 25.3 Å². The van der Waals surface area contributed by atoms with Crippen LogP contribution in [0, 0.1) is 18.3 Å². The van der Waals surface area contributed by atoms with Gasteiger partial charge in [0.1, 0.15) is 0 Å². The number of esters is 1. The van der Waals surface area contributed by atoms with E-state index in [4.69, 9.17) is 16.9 Å². The summed E-state index contributed by atoms with van der Waals surface area (Å²) in [6.45, 7) is 0.0576. The average molecular weight is 204 g/mol. The van der Waals surface area contributed by atoms with E-state index < -0.39 is 0 Å². The molecular formula is C9H14ClNO2. The lowest BCUT2D eigenvalue weighted by Gasteiger charge is -2.12. The SMILES string of the molecule is C#CCOC(=O)[C@@H]1CCC[C@@H]1N.Cl. The van der Waals surface area contributed by atoms with E-state index in [9.17, 15) is 4.79 Å². The molecule has 0 aromatic heterocycles. The van der Waals surface area contributed by atoms with Gasteiger partial charge in [0.15, 0.2) is 6.61 Å². The summed E-state index contributed by atoms with van der Waals surface area (Å²) in [5.74, 6) is 1.89. The van der Waals surface area contributed by atoms with E-state index in [-0.39, 0.29) is 36.9 Å². The van der Waals surface area contributed by atoms with Crippen LogP contribution in [0.15, 0.2) is 0 Å². The van der Waals surface area contributed by atoms with Crippen molar-refractivity contribution >= 4 is 18.4 Å². The van der Waals surface area contributed by atoms with Crippen molar-refractivity contribution in [2.75, 3.05) is 6.61 Å². The third kappa shape index (κ3) is 3.25. The van der Waals surface area contributed by atoms with Crippen molar-refractivity contribution in [1.29, 1.82) is 0 Å². The Morgan fingerprint density at radius 3 is 2.77 bits per heavy atom. The molecule has 4 heteroatoms. The third-order valence-electron chi connectivity index (χ3n) is 2.17. The van der Waals surface area contributed by atoms with Gasteiger partial charge in [-0.05, 0) is 12.8 Å². The molecule has 0 aromatic carbocycles. The zero-order valence-electron chi connectivity index (χ0n) is 7.36. The predicted octanol–water partition coefficient (Wildman–Crippen LogP) is 0.712. The summed E-state index contributed by atoms with van der Waals surface area (Å²) in [5.41, 5.74) is 5.70. The number of hydrogen-bond acceptors (Lipinski definition) is 3. The molecule has 0 aromatic rings. The van der Waals surface area contributed by atoms with E-state index in [2.05, 4.69) is 5.92 Å². The van der Waals surface area contributed by atoms with Gasteiger partial charge >= 0.3 is 5.97 Å². The molecule has 0 heterocycles. The molecular weight excluding hydrogens is 190 g/mol. The number of terminal acetylenes is 1. The molecule has 0 amide bonds. The highest BCUT2D eigenvalue weighted by molar-refractivity contribution is 5.85. The van der Waals surface area contributed by atoms with E-state index in [0.717, 1.165) is 19.3 Å². The Labute approximate surface area is 84.4 Å². The zero-order chi connectivity index (χ0) is 8.97. The van der Waals surface area contributed by atoms with Crippen LogP contribution in [0.4, 0.5) is 0 Å². The van der Waals surface area contributed by atoms with Crippen LogP contribution in [0.2, 0.25) is 0 Å². The molecule has 1 saturated carbocycles. The Kier molecular flexibility index (Phi) is 5.52. The molecule has 13 heavy (non-hydrogen) atoms. The summed E-state index contributed by atoms with van der Waals surface area (Å²) >= 11 is 0. The van der Waals surface area contributed by atoms with E-state index in [0.29, 0.717) is 0 Å². The van der Waals surface area contributed by atoms with Crippen molar-refractivity contribution < 1.29 is 9.53 Å². The van der Waals surface area contributed by atoms with Crippen LogP contribution in [-0.4, -0.2) is 18.6 Å². The average Bonchev–Trinajstić information content (AvgIpc) is 2.47. The molecule has 3 nitrogen and oxygen atoms in total. The lowest BCUT2D eigenvalue weighted by molar-refractivity contribution is -0.147. The second-order valence-electron chi connectivity index (χ2n) is 3.01. The van der Waals surface area contributed by atoms with Crippen LogP contribution < -0.4 is 5.73 Å². The summed E-state index contributed by atoms with van der Waals surface area (Å²) < 4.78 is 4.79. The first-order valence-electron chi connectivity index (χ1n) is 4.11. The maximum Gasteiger partial charge on any atom is 0.311 e. The van der Waals surface area contributed by atoms with E-state index in [1.165, 1.54) is 0 Å². The number of ether oxygens (including phenoxy) is 1. The predicted molar refractivity (Wildman–Crippen MR) is 52.4 cm³/mol. The van der Waals surface area contributed by atoms with E-state index >= 15 is 0 Å². The Morgan fingerprint density at radius 1 is 1.62 bits per heavy atom. The maximum absolute atomic E-state index is 11.2. The number of hydrogen-bond donors (Lipinski definition) is 1. The van der Waals surface area contributed by atoms with Crippen molar-refractivity contribution in [3.63, 3.8) is 0 Å². The highest BCUT2D eigenvalue weighted by Gasteiger charge is 2.31. The minimum Gasteiger partial charge on any atom is -0.452 e. The van der Waals surface area contributed by atoms with E-state index in [1.807, 2.05) is 0 Å². The van der Waals surface area contributed by atoms with Crippen molar-refractivity contribution in [2.24, 2.45) is 11.7 Å². The quantitative estimate of drug-likeness (QED) is 0.531. The molecule has 0 saturated heterocycles. The molecule has 1 aliphatic carbocycles. The fourth-order valence-corrected chi connectivity index (χ4v) is 1.50. The van der Waals surface area contributed by atoms with Gasteiger partial charge in [0.05, 0.1) is 5.92 Å². The van der Waals surface area contributed by atoms with Gasteiger partial charge in [-0.3, -0.25) is 4.79 Å². The summed E-state index contributed by atoms with van der Waals surface area (Å²) in [4.78, 5) is 11.2. The fourth-order valence-electron chi connectivity index (χ4n) is 1.50. The molecule has 1 rings (SSSR count). The Balaban J connectivity index is 0.00000144. The summed E-state index contributed by atoms with van der Waals surface area (Å²) in [7, 11) is 0. The molecule has 0 aliphatic heterocycles. The molecule has 2 atom stereocenters. The lowest BCUT2D eigenvalue weighted by Crippen LogP contribution is -2.31. The van der Waals surface area contributed by atoms with Gasteiger partial charge in [0.25, 0.3) is 0 Å². The van der Waals surface area contributed by atoms with Gasteiger partial charge < -0.3 is 10.5 Å². The molecule has 2 N–H and O–H groups in total. The Morgan fingerprint density at radius 2 is 2.31 bits per heavy atom. The standard InChI is InChI=1S/C9H13NO2.ClH/c1-2-6-12-9(11)7-4-3-5-8(7)10;/h1,7-8H,3-6,10H2;1H/t7-,8+;/m1./s1. The zero-order valence-corrected chi connectivity index (χ0v) is 8.18. The number of carbonyl (C=O) groups excluding carboxylic acids is 1. The smallest absolute Gasteiger partial charge is 0.311 e. The van der Waals surface area contributed by atoms with Gasteiger partial charge in [0, 0.05) is 6.04 Å². The number of rotatable bonds is 2. The van der Waals surface area contributed by atoms with Crippen LogP contribution in [0.5, 0.6) is 0 Å². The van der Waals surface area contributed by atoms with Crippen molar-refractivity contribution in [1.82, 2.24) is 0 Å². The van der Waals surface area contributed by atoms with Gasteiger partial charge in [-0.15, -0.1) is 18.8 Å². The van der Waals surface area contributed by atoms with Crippen LogP contribution in [-0.2, 0) is 9.53 Å². The largest absolute Gasteiger partial charge is 0.452 e. The minimum atomic E-state index is -0.238. The highest BCUT2D eigenvalue weighted by Crippen LogP contribution is 2.24. The van der Waals surface area contributed by atoms with E-state index in [1.54, 1.807) is 0 Å². The Bertz CT molecular complexity index is 212. The molecule has 1 aliphatic rings. The summed E-state index contributed by atoms with van der Waals surface area (Å²) in [6.07, 6.45) is 7.71. The Hall–Kier alpha value is -0.720. The van der Waals surface area contributed by atoms with Gasteiger partial charge in [-0.1, -0.05) is 12.3 Å². The normalized spacial score (nSPS) is 25.8. The monoisotopic (exact) mass is 203 g/mol. The van der Waals surface area contributed by atoms with Crippen LogP contribution in [0.25, 0.3) is 0 Å². The van der Waals surface area contributed by atoms with Crippen LogP contribution >= 0.6 is 12.4 Å². The van der Waals surface area contributed by atoms with Crippen molar-refractivity contribution in [3.05, 3.63) is 0 Å². The third-order valence-corrected chi connectivity index (χ3v) is 2.17. The first-order chi connectivity index (χ1) is 5.75. The molecule has 0 spiro atoms. The number of carbonyl (C=O) groups is 1. The molecule has 0 radical (unpaired) electrons. The fraction of sp³-hybridized carbons (Fsp3) is 0.667. The molecule has 74 valence electrons. The molecule has 0 bridgehead atoms. The van der Waals surface area contributed by atoms with Gasteiger partial charge in [0.2, 0.25) is 0 Å². The number of halogens is 1. The first-order valence-corrected chi connectivity index (χ1v) is 4.11. The molecule has 0 unspecified atom stereocenters.